The lowest BCUT2D eigenvalue weighted by Gasteiger charge is -2.05. The Labute approximate surface area is 98.1 Å². The second-order valence-corrected chi connectivity index (χ2v) is 4.49. The van der Waals surface area contributed by atoms with Crippen molar-refractivity contribution >= 4 is 34.8 Å². The van der Waals surface area contributed by atoms with Crippen molar-refractivity contribution in [1.29, 1.82) is 0 Å². The SMILES string of the molecule is Cc1nnc(NC(=O)[C@@H]2CCNC2)s1.Cl. The number of aryl methyl sites for hydroxylation is 1. The maximum absolute atomic E-state index is 11.6. The van der Waals surface area contributed by atoms with Gasteiger partial charge in [-0.25, -0.2) is 0 Å². The number of hydrogen-bond acceptors (Lipinski definition) is 5. The first kappa shape index (κ1) is 12.4. The second-order valence-electron chi connectivity index (χ2n) is 3.31. The zero-order valence-electron chi connectivity index (χ0n) is 8.32. The van der Waals surface area contributed by atoms with Gasteiger partial charge in [-0.1, -0.05) is 11.3 Å². The number of halogens is 1. The molecule has 0 aliphatic carbocycles. The maximum atomic E-state index is 11.6. The lowest BCUT2D eigenvalue weighted by Crippen LogP contribution is -2.24. The van der Waals surface area contributed by atoms with E-state index in [0.717, 1.165) is 24.5 Å². The molecule has 0 saturated carbocycles. The van der Waals surface area contributed by atoms with Crippen molar-refractivity contribution in [2.75, 3.05) is 18.4 Å². The Morgan fingerprint density at radius 1 is 1.60 bits per heavy atom. The number of carbonyl (C=O) groups excluding carboxylic acids is 1. The molecule has 0 bridgehead atoms. The van der Waals surface area contributed by atoms with Gasteiger partial charge in [0.05, 0.1) is 5.92 Å². The maximum Gasteiger partial charge on any atom is 0.230 e. The van der Waals surface area contributed by atoms with Crippen LogP contribution < -0.4 is 10.6 Å². The van der Waals surface area contributed by atoms with E-state index in [1.54, 1.807) is 0 Å². The quantitative estimate of drug-likeness (QED) is 0.813. The van der Waals surface area contributed by atoms with Crippen LogP contribution in [0, 0.1) is 12.8 Å². The number of nitrogens with zero attached hydrogens (tertiary/aromatic N) is 2. The molecule has 1 aromatic heterocycles. The topological polar surface area (TPSA) is 66.9 Å². The lowest BCUT2D eigenvalue weighted by atomic mass is 10.1. The van der Waals surface area contributed by atoms with Crippen LogP contribution in [0.3, 0.4) is 0 Å². The van der Waals surface area contributed by atoms with Crippen molar-refractivity contribution in [3.63, 3.8) is 0 Å². The van der Waals surface area contributed by atoms with Crippen LogP contribution in [0.2, 0.25) is 0 Å². The van der Waals surface area contributed by atoms with Gasteiger partial charge in [-0.05, 0) is 19.9 Å². The molecule has 1 aromatic rings. The molecule has 2 heterocycles. The minimum absolute atomic E-state index is 0. The van der Waals surface area contributed by atoms with Crippen molar-refractivity contribution in [3.05, 3.63) is 5.01 Å². The lowest BCUT2D eigenvalue weighted by molar-refractivity contribution is -0.119. The summed E-state index contributed by atoms with van der Waals surface area (Å²) >= 11 is 1.40. The van der Waals surface area contributed by atoms with Crippen LogP contribution >= 0.6 is 23.7 Å². The molecule has 0 radical (unpaired) electrons. The third-order valence-electron chi connectivity index (χ3n) is 2.19. The van der Waals surface area contributed by atoms with Gasteiger partial charge in [0.15, 0.2) is 0 Å². The number of carbonyl (C=O) groups is 1. The van der Waals surface area contributed by atoms with Crippen LogP contribution in [0.5, 0.6) is 0 Å². The summed E-state index contributed by atoms with van der Waals surface area (Å²) in [6.07, 6.45) is 0.906. The normalized spacial score (nSPS) is 19.7. The number of anilines is 1. The molecule has 1 fully saturated rings. The zero-order valence-corrected chi connectivity index (χ0v) is 9.95. The van der Waals surface area contributed by atoms with Crippen LogP contribution in [0.15, 0.2) is 0 Å². The molecule has 2 N–H and O–H groups in total. The Hall–Kier alpha value is -0.720. The van der Waals surface area contributed by atoms with Gasteiger partial charge in [0.25, 0.3) is 0 Å². The van der Waals surface area contributed by atoms with Crippen molar-refractivity contribution in [2.45, 2.75) is 13.3 Å². The van der Waals surface area contributed by atoms with Crippen molar-refractivity contribution in [1.82, 2.24) is 15.5 Å². The highest BCUT2D eigenvalue weighted by molar-refractivity contribution is 7.15. The highest BCUT2D eigenvalue weighted by Crippen LogP contribution is 2.16. The van der Waals surface area contributed by atoms with E-state index < -0.39 is 0 Å². The molecule has 1 atom stereocenters. The molecule has 5 nitrogen and oxygen atoms in total. The molecule has 7 heteroatoms. The number of amides is 1. The van der Waals surface area contributed by atoms with Gasteiger partial charge in [-0.3, -0.25) is 4.79 Å². The van der Waals surface area contributed by atoms with Gasteiger partial charge in [0.2, 0.25) is 11.0 Å². The second kappa shape index (κ2) is 5.39. The first-order valence-corrected chi connectivity index (χ1v) is 5.39. The van der Waals surface area contributed by atoms with Crippen LogP contribution in [0.25, 0.3) is 0 Å². The van der Waals surface area contributed by atoms with E-state index in [1.165, 1.54) is 11.3 Å². The molecule has 1 aliphatic heterocycles. The fourth-order valence-corrected chi connectivity index (χ4v) is 2.03. The third-order valence-corrected chi connectivity index (χ3v) is 2.94. The minimum Gasteiger partial charge on any atom is -0.316 e. The van der Waals surface area contributed by atoms with Crippen LogP contribution in [-0.4, -0.2) is 29.2 Å². The van der Waals surface area contributed by atoms with Gasteiger partial charge >= 0.3 is 0 Å². The number of nitrogens with one attached hydrogen (secondary N) is 2. The molecule has 1 saturated heterocycles. The summed E-state index contributed by atoms with van der Waals surface area (Å²) < 4.78 is 0. The monoisotopic (exact) mass is 248 g/mol. The van der Waals surface area contributed by atoms with Gasteiger partial charge < -0.3 is 10.6 Å². The van der Waals surface area contributed by atoms with Gasteiger partial charge in [-0.2, -0.15) is 0 Å². The average Bonchev–Trinajstić information content (AvgIpc) is 2.75. The Kier molecular flexibility index (Phi) is 4.44. The molecule has 84 valence electrons. The predicted molar refractivity (Wildman–Crippen MR) is 61.5 cm³/mol. The summed E-state index contributed by atoms with van der Waals surface area (Å²) in [7, 11) is 0. The fourth-order valence-electron chi connectivity index (χ4n) is 1.43. The Morgan fingerprint density at radius 3 is 2.93 bits per heavy atom. The van der Waals surface area contributed by atoms with E-state index in [4.69, 9.17) is 0 Å². The fraction of sp³-hybridized carbons (Fsp3) is 0.625. The molecule has 0 unspecified atom stereocenters. The van der Waals surface area contributed by atoms with E-state index in [0.29, 0.717) is 5.13 Å². The summed E-state index contributed by atoms with van der Waals surface area (Å²) in [6, 6.07) is 0. The standard InChI is InChI=1S/C8H12N4OS.ClH/c1-5-11-12-8(14-5)10-7(13)6-2-3-9-4-6;/h6,9H,2-4H2,1H3,(H,10,12,13);1H/t6-;/m1./s1. The summed E-state index contributed by atoms with van der Waals surface area (Å²) in [6.45, 7) is 3.56. The number of rotatable bonds is 2. The van der Waals surface area contributed by atoms with Crippen molar-refractivity contribution in [2.24, 2.45) is 5.92 Å². The molecule has 2 rings (SSSR count). The Bertz CT molecular complexity index is 337. The van der Waals surface area contributed by atoms with E-state index >= 15 is 0 Å². The highest BCUT2D eigenvalue weighted by Gasteiger charge is 2.22. The molecule has 1 aliphatic rings. The van der Waals surface area contributed by atoms with E-state index in [-0.39, 0.29) is 24.2 Å². The summed E-state index contributed by atoms with van der Waals surface area (Å²) in [4.78, 5) is 11.6. The first-order valence-electron chi connectivity index (χ1n) is 4.57. The van der Waals surface area contributed by atoms with Gasteiger partial charge in [0, 0.05) is 6.54 Å². The van der Waals surface area contributed by atoms with Crippen LogP contribution in [0.1, 0.15) is 11.4 Å². The third kappa shape index (κ3) is 3.12. The van der Waals surface area contributed by atoms with Crippen molar-refractivity contribution in [3.8, 4) is 0 Å². The summed E-state index contributed by atoms with van der Waals surface area (Å²) in [5.41, 5.74) is 0. The zero-order chi connectivity index (χ0) is 9.97. The van der Waals surface area contributed by atoms with E-state index in [1.807, 2.05) is 6.92 Å². The molecule has 0 spiro atoms. The molecular formula is C8H13ClN4OS. The summed E-state index contributed by atoms with van der Waals surface area (Å²) in [5.74, 6) is 0.130. The van der Waals surface area contributed by atoms with E-state index in [9.17, 15) is 4.79 Å². The number of aromatic nitrogens is 2. The number of hydrogen-bond donors (Lipinski definition) is 2. The Morgan fingerprint density at radius 2 is 2.40 bits per heavy atom. The van der Waals surface area contributed by atoms with Crippen molar-refractivity contribution < 1.29 is 4.79 Å². The smallest absolute Gasteiger partial charge is 0.230 e. The molecule has 1 amide bonds. The minimum atomic E-state index is 0. The first-order chi connectivity index (χ1) is 6.75. The molecular weight excluding hydrogens is 236 g/mol. The summed E-state index contributed by atoms with van der Waals surface area (Å²) in [5, 5.41) is 15.1. The van der Waals surface area contributed by atoms with Crippen LogP contribution in [-0.2, 0) is 4.79 Å². The largest absolute Gasteiger partial charge is 0.316 e. The highest BCUT2D eigenvalue weighted by atomic mass is 35.5. The van der Waals surface area contributed by atoms with Gasteiger partial charge in [0.1, 0.15) is 5.01 Å². The molecule has 15 heavy (non-hydrogen) atoms. The van der Waals surface area contributed by atoms with Crippen LogP contribution in [0.4, 0.5) is 5.13 Å². The predicted octanol–water partition coefficient (Wildman–Crippen LogP) is 0.816. The van der Waals surface area contributed by atoms with E-state index in [2.05, 4.69) is 20.8 Å². The van der Waals surface area contributed by atoms with Gasteiger partial charge in [-0.15, -0.1) is 22.6 Å². The Balaban J connectivity index is 0.00000112. The average molecular weight is 249 g/mol. The molecule has 0 aromatic carbocycles.